The third-order valence-corrected chi connectivity index (χ3v) is 2.89. The van der Waals surface area contributed by atoms with Crippen molar-refractivity contribution in [3.05, 3.63) is 69.8 Å². The maximum Gasteiger partial charge on any atom is 0.335 e. The van der Waals surface area contributed by atoms with E-state index in [0.29, 0.717) is 6.42 Å². The van der Waals surface area contributed by atoms with E-state index in [1.165, 1.54) is 12.1 Å². The number of nitrogens with zero attached hydrogens (tertiary/aromatic N) is 1. The molecule has 6 heteroatoms. The summed E-state index contributed by atoms with van der Waals surface area (Å²) in [5.74, 6) is -1.19. The SMILES string of the molecule is O=C(O)c1ccc([N+](=O)[O-])c(OCCc2ccccc2)c1. The van der Waals surface area contributed by atoms with Crippen LogP contribution in [0.1, 0.15) is 15.9 Å². The van der Waals surface area contributed by atoms with Gasteiger partial charge in [-0.1, -0.05) is 30.3 Å². The molecule has 0 aromatic heterocycles. The van der Waals surface area contributed by atoms with Crippen molar-refractivity contribution in [2.24, 2.45) is 0 Å². The highest BCUT2D eigenvalue weighted by atomic mass is 16.6. The minimum Gasteiger partial charge on any atom is -0.486 e. The van der Waals surface area contributed by atoms with Crippen molar-refractivity contribution in [2.45, 2.75) is 6.42 Å². The lowest BCUT2D eigenvalue weighted by molar-refractivity contribution is -0.385. The molecule has 2 rings (SSSR count). The van der Waals surface area contributed by atoms with Crippen LogP contribution in [-0.2, 0) is 6.42 Å². The van der Waals surface area contributed by atoms with Gasteiger partial charge in [-0.25, -0.2) is 4.79 Å². The molecular weight excluding hydrogens is 274 g/mol. The van der Waals surface area contributed by atoms with Crippen LogP contribution in [0.2, 0.25) is 0 Å². The van der Waals surface area contributed by atoms with Crippen molar-refractivity contribution in [3.63, 3.8) is 0 Å². The molecule has 21 heavy (non-hydrogen) atoms. The highest BCUT2D eigenvalue weighted by molar-refractivity contribution is 5.88. The Morgan fingerprint density at radius 3 is 2.52 bits per heavy atom. The maximum atomic E-state index is 10.9. The fourth-order valence-electron chi connectivity index (χ4n) is 1.84. The maximum absolute atomic E-state index is 10.9. The van der Waals surface area contributed by atoms with Gasteiger partial charge in [0.15, 0.2) is 5.75 Å². The van der Waals surface area contributed by atoms with Gasteiger partial charge in [-0.3, -0.25) is 10.1 Å². The molecular formula is C15H13NO5. The van der Waals surface area contributed by atoms with Crippen LogP contribution in [0.5, 0.6) is 5.75 Å². The van der Waals surface area contributed by atoms with Crippen molar-refractivity contribution >= 4 is 11.7 Å². The molecule has 0 fully saturated rings. The summed E-state index contributed by atoms with van der Waals surface area (Å²) in [5, 5.41) is 19.8. The molecule has 0 radical (unpaired) electrons. The average Bonchev–Trinajstić information content (AvgIpc) is 2.48. The summed E-state index contributed by atoms with van der Waals surface area (Å²) < 4.78 is 5.39. The third-order valence-electron chi connectivity index (χ3n) is 2.89. The Bertz CT molecular complexity index is 654. The van der Waals surface area contributed by atoms with Gasteiger partial charge in [-0.15, -0.1) is 0 Å². The van der Waals surface area contributed by atoms with Gasteiger partial charge >= 0.3 is 11.7 Å². The average molecular weight is 287 g/mol. The van der Waals surface area contributed by atoms with Gasteiger partial charge in [0.25, 0.3) is 0 Å². The van der Waals surface area contributed by atoms with Crippen LogP contribution in [0.4, 0.5) is 5.69 Å². The van der Waals surface area contributed by atoms with Crippen LogP contribution >= 0.6 is 0 Å². The topological polar surface area (TPSA) is 89.7 Å². The molecule has 108 valence electrons. The van der Waals surface area contributed by atoms with Gasteiger partial charge in [0.05, 0.1) is 17.1 Å². The second-order valence-corrected chi connectivity index (χ2v) is 4.33. The summed E-state index contributed by atoms with van der Waals surface area (Å²) in [6, 6.07) is 13.0. The summed E-state index contributed by atoms with van der Waals surface area (Å²) in [7, 11) is 0. The summed E-state index contributed by atoms with van der Waals surface area (Å²) in [4.78, 5) is 21.2. The van der Waals surface area contributed by atoms with Gasteiger partial charge in [0, 0.05) is 18.6 Å². The number of nitro groups is 1. The Kier molecular flexibility index (Phi) is 4.50. The molecule has 1 N–H and O–H groups in total. The second kappa shape index (κ2) is 6.51. The van der Waals surface area contributed by atoms with E-state index in [1.807, 2.05) is 30.3 Å². The first-order valence-corrected chi connectivity index (χ1v) is 6.26. The van der Waals surface area contributed by atoms with Crippen molar-refractivity contribution in [1.29, 1.82) is 0 Å². The van der Waals surface area contributed by atoms with Gasteiger partial charge in [0.1, 0.15) is 0 Å². The Balaban J connectivity index is 2.12. The monoisotopic (exact) mass is 287 g/mol. The molecule has 0 amide bonds. The van der Waals surface area contributed by atoms with Gasteiger partial charge in [-0.2, -0.15) is 0 Å². The van der Waals surface area contributed by atoms with E-state index in [1.54, 1.807) is 0 Å². The lowest BCUT2D eigenvalue weighted by atomic mass is 10.1. The zero-order chi connectivity index (χ0) is 15.2. The summed E-state index contributed by atoms with van der Waals surface area (Å²) in [6.45, 7) is 0.230. The Morgan fingerprint density at radius 1 is 1.19 bits per heavy atom. The van der Waals surface area contributed by atoms with E-state index in [4.69, 9.17) is 9.84 Å². The zero-order valence-electron chi connectivity index (χ0n) is 11.1. The van der Waals surface area contributed by atoms with Crippen LogP contribution in [0.3, 0.4) is 0 Å². The van der Waals surface area contributed by atoms with E-state index in [0.717, 1.165) is 11.6 Å². The highest BCUT2D eigenvalue weighted by Crippen LogP contribution is 2.28. The minimum atomic E-state index is -1.15. The first-order chi connectivity index (χ1) is 10.1. The van der Waals surface area contributed by atoms with Crippen LogP contribution < -0.4 is 4.74 Å². The van der Waals surface area contributed by atoms with Gasteiger partial charge < -0.3 is 9.84 Å². The predicted octanol–water partition coefficient (Wildman–Crippen LogP) is 2.91. The number of hydrogen-bond acceptors (Lipinski definition) is 4. The van der Waals surface area contributed by atoms with Crippen molar-refractivity contribution in [2.75, 3.05) is 6.61 Å². The molecule has 2 aromatic carbocycles. The number of nitro benzene ring substituents is 1. The standard InChI is InChI=1S/C15H13NO5/c17-15(18)12-6-7-13(16(19)20)14(10-12)21-9-8-11-4-2-1-3-5-11/h1-7,10H,8-9H2,(H,17,18). The quantitative estimate of drug-likeness (QED) is 0.651. The molecule has 0 aliphatic heterocycles. The number of carboxylic acids is 1. The molecule has 0 aliphatic carbocycles. The molecule has 0 heterocycles. The van der Waals surface area contributed by atoms with Gasteiger partial charge in [-0.05, 0) is 11.6 Å². The van der Waals surface area contributed by atoms with E-state index >= 15 is 0 Å². The summed E-state index contributed by atoms with van der Waals surface area (Å²) in [6.07, 6.45) is 0.579. The molecule has 0 unspecified atom stereocenters. The van der Waals surface area contributed by atoms with Crippen LogP contribution in [0, 0.1) is 10.1 Å². The van der Waals surface area contributed by atoms with E-state index in [9.17, 15) is 14.9 Å². The lowest BCUT2D eigenvalue weighted by Gasteiger charge is -2.07. The van der Waals surface area contributed by atoms with Gasteiger partial charge in [0.2, 0.25) is 0 Å². The van der Waals surface area contributed by atoms with Crippen LogP contribution in [0.15, 0.2) is 48.5 Å². The number of carbonyl (C=O) groups is 1. The molecule has 0 saturated heterocycles. The Hall–Kier alpha value is -2.89. The highest BCUT2D eigenvalue weighted by Gasteiger charge is 2.17. The van der Waals surface area contributed by atoms with Crippen molar-refractivity contribution in [1.82, 2.24) is 0 Å². The molecule has 0 aliphatic rings. The smallest absolute Gasteiger partial charge is 0.335 e. The number of aromatic carboxylic acids is 1. The number of benzene rings is 2. The summed E-state index contributed by atoms with van der Waals surface area (Å²) in [5.41, 5.74) is 0.748. The largest absolute Gasteiger partial charge is 0.486 e. The number of carboxylic acid groups (broad SMARTS) is 1. The zero-order valence-corrected chi connectivity index (χ0v) is 11.1. The van der Waals surface area contributed by atoms with Crippen LogP contribution in [0.25, 0.3) is 0 Å². The minimum absolute atomic E-state index is 0.0316. The van der Waals surface area contributed by atoms with E-state index in [2.05, 4.69) is 0 Å². The summed E-state index contributed by atoms with van der Waals surface area (Å²) >= 11 is 0. The first kappa shape index (κ1) is 14.5. The Morgan fingerprint density at radius 2 is 1.90 bits per heavy atom. The molecule has 0 spiro atoms. The van der Waals surface area contributed by atoms with E-state index in [-0.39, 0.29) is 23.6 Å². The van der Waals surface area contributed by atoms with Crippen LogP contribution in [-0.4, -0.2) is 22.6 Å². The number of rotatable bonds is 6. The molecule has 6 nitrogen and oxygen atoms in total. The van der Waals surface area contributed by atoms with E-state index < -0.39 is 10.9 Å². The fraction of sp³-hybridized carbons (Fsp3) is 0.133. The fourth-order valence-corrected chi connectivity index (χ4v) is 1.84. The second-order valence-electron chi connectivity index (χ2n) is 4.33. The normalized spacial score (nSPS) is 10.1. The lowest BCUT2D eigenvalue weighted by Crippen LogP contribution is -2.05. The molecule has 0 bridgehead atoms. The predicted molar refractivity (Wildman–Crippen MR) is 75.7 cm³/mol. The number of hydrogen-bond donors (Lipinski definition) is 1. The van der Waals surface area contributed by atoms with Crippen molar-refractivity contribution in [3.8, 4) is 5.75 Å². The van der Waals surface area contributed by atoms with Crippen molar-refractivity contribution < 1.29 is 19.6 Å². The third kappa shape index (κ3) is 3.79. The molecule has 0 saturated carbocycles. The molecule has 2 aromatic rings. The first-order valence-electron chi connectivity index (χ1n) is 6.26. The molecule has 0 atom stereocenters. The number of ether oxygens (including phenoxy) is 1. The Labute approximate surface area is 120 Å².